The van der Waals surface area contributed by atoms with Crippen molar-refractivity contribution in [3.05, 3.63) is 29.3 Å². The second-order valence-corrected chi connectivity index (χ2v) is 3.18. The summed E-state index contributed by atoms with van der Waals surface area (Å²) in [4.78, 5) is 0. The Labute approximate surface area is 84.5 Å². The molecule has 72 valence electrons. The fourth-order valence-electron chi connectivity index (χ4n) is 1.86. The van der Waals surface area contributed by atoms with E-state index < -0.39 is 0 Å². The first kappa shape index (κ1) is 10.4. The van der Waals surface area contributed by atoms with Crippen molar-refractivity contribution in [1.82, 2.24) is 0 Å². The third-order valence-corrected chi connectivity index (χ3v) is 2.47. The summed E-state index contributed by atoms with van der Waals surface area (Å²) in [5, 5.41) is 0. The number of nitrogens with two attached hydrogens (primary N) is 1. The summed E-state index contributed by atoms with van der Waals surface area (Å²) in [5.41, 5.74) is 8.50. The average molecular weight is 200 g/mol. The van der Waals surface area contributed by atoms with E-state index in [2.05, 4.69) is 6.07 Å². The topological polar surface area (TPSA) is 35.2 Å². The molecule has 3 heteroatoms. The van der Waals surface area contributed by atoms with Gasteiger partial charge in [-0.05, 0) is 24.5 Å². The first-order chi connectivity index (χ1) is 5.83. The standard InChI is InChI=1S/C10H13NO.ClH/c1-12-9-4-2-3-7-5-6-8(11)10(7)9;/h2-4,8H,5-6,11H2,1H3;1H/t8-;/m1./s1. The molecule has 0 saturated heterocycles. The molecule has 0 aliphatic heterocycles. The minimum atomic E-state index is 0. The van der Waals surface area contributed by atoms with Crippen molar-refractivity contribution in [2.45, 2.75) is 18.9 Å². The van der Waals surface area contributed by atoms with E-state index in [-0.39, 0.29) is 18.4 Å². The number of aryl methyl sites for hydroxylation is 1. The normalized spacial score (nSPS) is 19.1. The van der Waals surface area contributed by atoms with Gasteiger partial charge in [0.1, 0.15) is 5.75 Å². The molecule has 2 N–H and O–H groups in total. The van der Waals surface area contributed by atoms with Crippen molar-refractivity contribution < 1.29 is 4.74 Å². The molecule has 0 saturated carbocycles. The van der Waals surface area contributed by atoms with E-state index in [0.29, 0.717) is 0 Å². The van der Waals surface area contributed by atoms with Gasteiger partial charge in [0, 0.05) is 11.6 Å². The second kappa shape index (κ2) is 3.99. The molecule has 1 aliphatic carbocycles. The van der Waals surface area contributed by atoms with Gasteiger partial charge in [-0.25, -0.2) is 0 Å². The summed E-state index contributed by atoms with van der Waals surface area (Å²) < 4.78 is 5.25. The molecule has 0 heterocycles. The highest BCUT2D eigenvalue weighted by molar-refractivity contribution is 5.85. The highest BCUT2D eigenvalue weighted by Crippen LogP contribution is 2.35. The largest absolute Gasteiger partial charge is 0.496 e. The van der Waals surface area contributed by atoms with E-state index in [1.54, 1.807) is 7.11 Å². The van der Waals surface area contributed by atoms with Crippen LogP contribution in [-0.4, -0.2) is 7.11 Å². The van der Waals surface area contributed by atoms with Gasteiger partial charge in [-0.2, -0.15) is 0 Å². The van der Waals surface area contributed by atoms with Gasteiger partial charge in [0.05, 0.1) is 7.11 Å². The lowest BCUT2D eigenvalue weighted by molar-refractivity contribution is 0.407. The zero-order valence-electron chi connectivity index (χ0n) is 7.62. The Kier molecular flexibility index (Phi) is 3.17. The summed E-state index contributed by atoms with van der Waals surface area (Å²) in [6.07, 6.45) is 2.14. The lowest BCUT2D eigenvalue weighted by Gasteiger charge is -2.09. The van der Waals surface area contributed by atoms with Crippen LogP contribution in [0.2, 0.25) is 0 Å². The molecule has 0 bridgehead atoms. The van der Waals surface area contributed by atoms with E-state index >= 15 is 0 Å². The van der Waals surface area contributed by atoms with Gasteiger partial charge >= 0.3 is 0 Å². The molecule has 2 nitrogen and oxygen atoms in total. The third-order valence-electron chi connectivity index (χ3n) is 2.47. The van der Waals surface area contributed by atoms with Crippen LogP contribution < -0.4 is 10.5 Å². The third kappa shape index (κ3) is 1.64. The number of rotatable bonds is 1. The van der Waals surface area contributed by atoms with Crippen LogP contribution in [0.5, 0.6) is 5.75 Å². The number of methoxy groups -OCH3 is 1. The van der Waals surface area contributed by atoms with E-state index in [4.69, 9.17) is 10.5 Å². The molecule has 0 amide bonds. The smallest absolute Gasteiger partial charge is 0.123 e. The fraction of sp³-hybridized carbons (Fsp3) is 0.400. The van der Waals surface area contributed by atoms with Crippen molar-refractivity contribution in [2.24, 2.45) is 5.73 Å². The molecule has 0 aromatic heterocycles. The molecule has 1 aromatic rings. The van der Waals surface area contributed by atoms with Gasteiger partial charge in [-0.15, -0.1) is 12.4 Å². The SMILES string of the molecule is COc1cccc2c1[C@H](N)CC2.Cl. The molecular formula is C10H14ClNO. The molecule has 0 fully saturated rings. The Balaban J connectivity index is 0.000000845. The number of fused-ring (bicyclic) bond motifs is 1. The summed E-state index contributed by atoms with van der Waals surface area (Å²) in [6, 6.07) is 6.31. The zero-order valence-corrected chi connectivity index (χ0v) is 8.43. The molecule has 0 spiro atoms. The summed E-state index contributed by atoms with van der Waals surface area (Å²) in [7, 11) is 1.70. The maximum atomic E-state index is 5.94. The maximum absolute atomic E-state index is 5.94. The number of hydrogen-bond acceptors (Lipinski definition) is 2. The van der Waals surface area contributed by atoms with E-state index in [0.717, 1.165) is 18.6 Å². The molecule has 1 aliphatic rings. The van der Waals surface area contributed by atoms with Crippen LogP contribution in [-0.2, 0) is 6.42 Å². The van der Waals surface area contributed by atoms with Crippen LogP contribution in [0.4, 0.5) is 0 Å². The molecule has 0 unspecified atom stereocenters. The van der Waals surface area contributed by atoms with Gasteiger partial charge in [0.2, 0.25) is 0 Å². The maximum Gasteiger partial charge on any atom is 0.123 e. The Morgan fingerprint density at radius 3 is 2.92 bits per heavy atom. The summed E-state index contributed by atoms with van der Waals surface area (Å²) in [6.45, 7) is 0. The summed E-state index contributed by atoms with van der Waals surface area (Å²) in [5.74, 6) is 0.942. The van der Waals surface area contributed by atoms with E-state index in [1.807, 2.05) is 12.1 Å². The lowest BCUT2D eigenvalue weighted by Crippen LogP contribution is -2.06. The highest BCUT2D eigenvalue weighted by atomic mass is 35.5. The molecule has 2 rings (SSSR count). The van der Waals surface area contributed by atoms with E-state index in [1.165, 1.54) is 11.1 Å². The van der Waals surface area contributed by atoms with Gasteiger partial charge in [-0.3, -0.25) is 0 Å². The Morgan fingerprint density at radius 2 is 2.23 bits per heavy atom. The number of ether oxygens (including phenoxy) is 1. The van der Waals surface area contributed by atoms with Crippen molar-refractivity contribution in [3.63, 3.8) is 0 Å². The van der Waals surface area contributed by atoms with Crippen molar-refractivity contribution in [3.8, 4) is 5.75 Å². The fourth-order valence-corrected chi connectivity index (χ4v) is 1.86. The first-order valence-electron chi connectivity index (χ1n) is 4.24. The molecule has 1 aromatic carbocycles. The van der Waals surface area contributed by atoms with Crippen LogP contribution in [0, 0.1) is 0 Å². The molecule has 0 radical (unpaired) electrons. The Morgan fingerprint density at radius 1 is 1.46 bits per heavy atom. The van der Waals surface area contributed by atoms with Gasteiger partial charge in [-0.1, -0.05) is 12.1 Å². The number of halogens is 1. The Bertz CT molecular complexity index is 301. The average Bonchev–Trinajstić information content (AvgIpc) is 2.48. The molecule has 13 heavy (non-hydrogen) atoms. The highest BCUT2D eigenvalue weighted by Gasteiger charge is 2.22. The van der Waals surface area contributed by atoms with Crippen LogP contribution in [0.3, 0.4) is 0 Å². The molecule has 1 atom stereocenters. The van der Waals surface area contributed by atoms with Crippen molar-refractivity contribution in [1.29, 1.82) is 0 Å². The minimum Gasteiger partial charge on any atom is -0.496 e. The van der Waals surface area contributed by atoms with Gasteiger partial charge in [0.25, 0.3) is 0 Å². The van der Waals surface area contributed by atoms with Gasteiger partial charge < -0.3 is 10.5 Å². The second-order valence-electron chi connectivity index (χ2n) is 3.18. The lowest BCUT2D eigenvalue weighted by atomic mass is 10.1. The predicted molar refractivity (Wildman–Crippen MR) is 55.5 cm³/mol. The predicted octanol–water partition coefficient (Wildman–Crippen LogP) is 2.06. The van der Waals surface area contributed by atoms with Crippen LogP contribution in [0.1, 0.15) is 23.6 Å². The van der Waals surface area contributed by atoms with Crippen LogP contribution in [0.15, 0.2) is 18.2 Å². The van der Waals surface area contributed by atoms with Crippen molar-refractivity contribution in [2.75, 3.05) is 7.11 Å². The quantitative estimate of drug-likeness (QED) is 0.752. The number of benzene rings is 1. The first-order valence-corrected chi connectivity index (χ1v) is 4.24. The number of hydrogen-bond donors (Lipinski definition) is 1. The Hall–Kier alpha value is -0.730. The monoisotopic (exact) mass is 199 g/mol. The minimum absolute atomic E-state index is 0. The van der Waals surface area contributed by atoms with Crippen LogP contribution >= 0.6 is 12.4 Å². The van der Waals surface area contributed by atoms with Crippen LogP contribution in [0.25, 0.3) is 0 Å². The molecular weight excluding hydrogens is 186 g/mol. The van der Waals surface area contributed by atoms with Gasteiger partial charge in [0.15, 0.2) is 0 Å². The van der Waals surface area contributed by atoms with E-state index in [9.17, 15) is 0 Å². The summed E-state index contributed by atoms with van der Waals surface area (Å²) >= 11 is 0. The zero-order chi connectivity index (χ0) is 8.55. The van der Waals surface area contributed by atoms with Crippen molar-refractivity contribution >= 4 is 12.4 Å².